The lowest BCUT2D eigenvalue weighted by Gasteiger charge is -2.10. The number of amides is 1. The van der Waals surface area contributed by atoms with Gasteiger partial charge in [-0.1, -0.05) is 29.8 Å². The molecule has 1 N–H and O–H groups in total. The Morgan fingerprint density at radius 2 is 2.06 bits per heavy atom. The zero-order valence-electron chi connectivity index (χ0n) is 16.8. The second-order valence-corrected chi connectivity index (χ2v) is 8.03. The van der Waals surface area contributed by atoms with E-state index >= 15 is 0 Å². The number of benzene rings is 2. The number of rotatable bonds is 7. The third-order valence-corrected chi connectivity index (χ3v) is 5.63. The Morgan fingerprint density at radius 1 is 1.21 bits per heavy atom. The molecule has 33 heavy (non-hydrogen) atoms. The average molecular weight is 483 g/mol. The van der Waals surface area contributed by atoms with Crippen molar-refractivity contribution in [3.63, 3.8) is 0 Å². The lowest BCUT2D eigenvalue weighted by Crippen LogP contribution is -2.19. The van der Waals surface area contributed by atoms with Gasteiger partial charge in [-0.3, -0.25) is 20.2 Å². The molecule has 1 aromatic heterocycles. The fraction of sp³-hybridized carbons (Fsp3) is 0.0455. The van der Waals surface area contributed by atoms with Crippen LogP contribution in [0.4, 0.5) is 5.69 Å². The highest BCUT2D eigenvalue weighted by molar-refractivity contribution is 8.18. The van der Waals surface area contributed by atoms with E-state index in [0.717, 1.165) is 17.3 Å². The minimum absolute atomic E-state index is 0.132. The standard InChI is InChI=1S/C22H15ClN4O5S/c23-18-6-2-1-4-14(18)13-32-19-8-7-16(27(29)30)10-15(19)11-20-21(28)25-22(33-20)26-24-12-17-5-3-9-31-17/h1-12H,13H2,(H,25,26,28). The molecule has 0 radical (unpaired) electrons. The molecule has 1 aliphatic rings. The average Bonchev–Trinajstić information content (AvgIpc) is 3.43. The number of thioether (sulfide) groups is 1. The summed E-state index contributed by atoms with van der Waals surface area (Å²) in [5.41, 5.74) is 0.995. The summed E-state index contributed by atoms with van der Waals surface area (Å²) < 4.78 is 11.0. The van der Waals surface area contributed by atoms with Gasteiger partial charge in [0, 0.05) is 28.3 Å². The molecule has 166 valence electrons. The highest BCUT2D eigenvalue weighted by Gasteiger charge is 2.25. The molecule has 0 aliphatic carbocycles. The van der Waals surface area contributed by atoms with Crippen LogP contribution in [0.15, 0.2) is 80.4 Å². The third-order valence-electron chi connectivity index (χ3n) is 4.36. The maximum atomic E-state index is 12.4. The van der Waals surface area contributed by atoms with Crippen molar-refractivity contribution in [2.24, 2.45) is 10.2 Å². The molecule has 3 aromatic rings. The summed E-state index contributed by atoms with van der Waals surface area (Å²) in [5, 5.41) is 22.5. The molecule has 2 aromatic carbocycles. The van der Waals surface area contributed by atoms with E-state index in [2.05, 4.69) is 15.5 Å². The molecule has 1 saturated heterocycles. The van der Waals surface area contributed by atoms with Crippen molar-refractivity contribution < 1.29 is 18.9 Å². The second-order valence-electron chi connectivity index (χ2n) is 6.59. The summed E-state index contributed by atoms with van der Waals surface area (Å²) in [5.74, 6) is 0.472. The van der Waals surface area contributed by atoms with E-state index in [1.54, 1.807) is 24.3 Å². The number of nitrogens with one attached hydrogen (secondary N) is 1. The number of hydrogen-bond donors (Lipinski definition) is 1. The van der Waals surface area contributed by atoms with Gasteiger partial charge in [0.05, 0.1) is 22.3 Å². The van der Waals surface area contributed by atoms with Crippen LogP contribution in [0.25, 0.3) is 6.08 Å². The molecule has 0 atom stereocenters. The van der Waals surface area contributed by atoms with E-state index in [1.165, 1.54) is 36.8 Å². The van der Waals surface area contributed by atoms with E-state index < -0.39 is 10.8 Å². The van der Waals surface area contributed by atoms with Gasteiger partial charge in [0.1, 0.15) is 18.1 Å². The Morgan fingerprint density at radius 3 is 2.82 bits per heavy atom. The van der Waals surface area contributed by atoms with Crippen LogP contribution in [0, 0.1) is 10.1 Å². The molecular weight excluding hydrogens is 468 g/mol. The number of nitro benzene ring substituents is 1. The molecule has 0 saturated carbocycles. The first-order valence-electron chi connectivity index (χ1n) is 9.49. The topological polar surface area (TPSA) is 119 Å². The molecule has 1 amide bonds. The SMILES string of the molecule is O=C1NC(=NN=Cc2ccco2)SC1=Cc1cc([N+](=O)[O-])ccc1OCc1ccccc1Cl. The van der Waals surface area contributed by atoms with Crippen LogP contribution in [0.2, 0.25) is 5.02 Å². The normalized spacial score (nSPS) is 16.0. The van der Waals surface area contributed by atoms with Crippen molar-refractivity contribution in [3.8, 4) is 5.75 Å². The number of nitrogens with zero attached hydrogens (tertiary/aromatic N) is 3. The number of carbonyl (C=O) groups is 1. The Kier molecular flexibility index (Phi) is 6.86. The number of nitro groups is 1. The van der Waals surface area contributed by atoms with Gasteiger partial charge in [0.2, 0.25) is 0 Å². The highest BCUT2D eigenvalue weighted by Crippen LogP contribution is 2.32. The maximum absolute atomic E-state index is 12.4. The van der Waals surface area contributed by atoms with Crippen LogP contribution in [-0.4, -0.2) is 22.2 Å². The number of halogens is 1. The van der Waals surface area contributed by atoms with E-state index in [9.17, 15) is 14.9 Å². The summed E-state index contributed by atoms with van der Waals surface area (Å²) in [7, 11) is 0. The first-order chi connectivity index (χ1) is 16.0. The van der Waals surface area contributed by atoms with E-state index in [-0.39, 0.29) is 22.4 Å². The fourth-order valence-corrected chi connectivity index (χ4v) is 3.74. The van der Waals surface area contributed by atoms with E-state index in [4.69, 9.17) is 20.8 Å². The minimum Gasteiger partial charge on any atom is -0.488 e. The maximum Gasteiger partial charge on any atom is 0.270 e. The van der Waals surface area contributed by atoms with E-state index in [0.29, 0.717) is 22.1 Å². The van der Waals surface area contributed by atoms with Crippen molar-refractivity contribution >= 4 is 52.4 Å². The number of hydrogen-bond acceptors (Lipinski definition) is 8. The van der Waals surface area contributed by atoms with Gasteiger partial charge < -0.3 is 9.15 Å². The van der Waals surface area contributed by atoms with Crippen LogP contribution < -0.4 is 10.1 Å². The number of carbonyl (C=O) groups excluding carboxylic acids is 1. The van der Waals surface area contributed by atoms with Crippen molar-refractivity contribution in [2.45, 2.75) is 6.61 Å². The van der Waals surface area contributed by atoms with Crippen molar-refractivity contribution in [2.75, 3.05) is 0 Å². The highest BCUT2D eigenvalue weighted by atomic mass is 35.5. The first-order valence-corrected chi connectivity index (χ1v) is 10.7. The molecule has 2 heterocycles. The smallest absolute Gasteiger partial charge is 0.270 e. The quantitative estimate of drug-likeness (QED) is 0.219. The van der Waals surface area contributed by atoms with Crippen LogP contribution in [-0.2, 0) is 11.4 Å². The zero-order chi connectivity index (χ0) is 23.2. The molecule has 1 fully saturated rings. The van der Waals surface area contributed by atoms with Gasteiger partial charge >= 0.3 is 0 Å². The Balaban J connectivity index is 1.57. The predicted octanol–water partition coefficient (Wildman–Crippen LogP) is 5.01. The van der Waals surface area contributed by atoms with Crippen molar-refractivity contribution in [3.05, 3.63) is 97.8 Å². The number of furan rings is 1. The Labute approximate surface area is 196 Å². The first kappa shape index (κ1) is 22.3. The third kappa shape index (κ3) is 5.68. The lowest BCUT2D eigenvalue weighted by molar-refractivity contribution is -0.384. The monoisotopic (exact) mass is 482 g/mol. The summed E-state index contributed by atoms with van der Waals surface area (Å²) in [6.07, 6.45) is 4.42. The number of amidine groups is 1. The molecule has 4 rings (SSSR count). The number of ether oxygens (including phenoxy) is 1. The molecular formula is C22H15ClN4O5S. The summed E-state index contributed by atoms with van der Waals surface area (Å²) in [6, 6.07) is 14.8. The van der Waals surface area contributed by atoms with Gasteiger partial charge in [-0.15, -0.1) is 5.10 Å². The zero-order valence-corrected chi connectivity index (χ0v) is 18.4. The predicted molar refractivity (Wildman–Crippen MR) is 126 cm³/mol. The molecule has 1 aliphatic heterocycles. The van der Waals surface area contributed by atoms with E-state index in [1.807, 2.05) is 12.1 Å². The molecule has 0 unspecified atom stereocenters. The van der Waals surface area contributed by atoms with Crippen LogP contribution in [0.1, 0.15) is 16.9 Å². The molecule has 0 spiro atoms. The van der Waals surface area contributed by atoms with Gasteiger partial charge in [0.15, 0.2) is 5.17 Å². The number of non-ortho nitro benzene ring substituents is 1. The summed E-state index contributed by atoms with van der Waals surface area (Å²) in [6.45, 7) is 0.154. The van der Waals surface area contributed by atoms with Crippen LogP contribution >= 0.6 is 23.4 Å². The van der Waals surface area contributed by atoms with Gasteiger partial charge in [-0.25, -0.2) is 0 Å². The largest absolute Gasteiger partial charge is 0.488 e. The minimum atomic E-state index is -0.516. The Hall–Kier alpha value is -3.89. The van der Waals surface area contributed by atoms with Gasteiger partial charge in [0.25, 0.3) is 11.6 Å². The van der Waals surface area contributed by atoms with Gasteiger partial charge in [-0.05, 0) is 42.1 Å². The molecule has 0 bridgehead atoms. The lowest BCUT2D eigenvalue weighted by atomic mass is 10.1. The molecule has 9 nitrogen and oxygen atoms in total. The van der Waals surface area contributed by atoms with Crippen molar-refractivity contribution in [1.29, 1.82) is 0 Å². The summed E-state index contributed by atoms with van der Waals surface area (Å²) in [4.78, 5) is 23.4. The Bertz CT molecular complexity index is 1290. The van der Waals surface area contributed by atoms with Crippen LogP contribution in [0.5, 0.6) is 5.75 Å². The molecule has 11 heteroatoms. The summed E-state index contributed by atoms with van der Waals surface area (Å²) >= 11 is 7.23. The van der Waals surface area contributed by atoms with Crippen molar-refractivity contribution in [1.82, 2.24) is 5.32 Å². The van der Waals surface area contributed by atoms with Gasteiger partial charge in [-0.2, -0.15) is 5.10 Å². The van der Waals surface area contributed by atoms with Crippen LogP contribution in [0.3, 0.4) is 0 Å². The second kappa shape index (κ2) is 10.2. The fourth-order valence-electron chi connectivity index (χ4n) is 2.78.